The third-order valence-electron chi connectivity index (χ3n) is 1.89. The van der Waals surface area contributed by atoms with Crippen molar-refractivity contribution in [3.8, 4) is 5.75 Å². The first-order chi connectivity index (χ1) is 7.76. The molecule has 2 N–H and O–H groups in total. The van der Waals surface area contributed by atoms with Crippen LogP contribution in [0, 0.1) is 7.43 Å². The SMILES string of the molecule is C/C=C/c1cccc(O[C@@H](C)CN)c1.CC.I.[CH3-].[HH].[V]. The average molecular weight is 417 g/mol. The standard InChI is InChI=1S/C12H17NO.C2H6.CH3.HI.V.H2/c1-3-5-11-6-4-7-12(8-11)14-10(2)9-13;1-2;;;;/h3-8,10H,9,13H2,1-2H3;1-2H3;1H3;1H;;1H/q;;-1;;;/b5-3+;;;;;/t10-;;;;;/m0...../s1. The van der Waals surface area contributed by atoms with Crippen molar-refractivity contribution in [2.24, 2.45) is 5.73 Å². The Morgan fingerprint density at radius 1 is 1.37 bits per heavy atom. The van der Waals surface area contributed by atoms with E-state index in [4.69, 9.17) is 10.5 Å². The maximum Gasteiger partial charge on any atom is 0.120 e. The average Bonchev–Trinajstić information content (AvgIpc) is 2.32. The number of halogens is 1. The summed E-state index contributed by atoms with van der Waals surface area (Å²) in [7, 11) is 0. The third-order valence-corrected chi connectivity index (χ3v) is 1.89. The van der Waals surface area contributed by atoms with Gasteiger partial charge in [-0.1, -0.05) is 38.1 Å². The molecule has 0 aliphatic rings. The van der Waals surface area contributed by atoms with Crippen LogP contribution in [0.1, 0.15) is 34.7 Å². The van der Waals surface area contributed by atoms with E-state index >= 15 is 0 Å². The number of hydrogen-bond donors (Lipinski definition) is 1. The first-order valence-electron chi connectivity index (χ1n) is 5.85. The predicted octanol–water partition coefficient (Wildman–Crippen LogP) is 4.78. The maximum absolute atomic E-state index is 5.59. The van der Waals surface area contributed by atoms with Gasteiger partial charge in [-0.15, -0.1) is 24.0 Å². The van der Waals surface area contributed by atoms with Gasteiger partial charge in [0.1, 0.15) is 11.9 Å². The van der Waals surface area contributed by atoms with Gasteiger partial charge >= 0.3 is 0 Å². The van der Waals surface area contributed by atoms with Gasteiger partial charge in [0.05, 0.1) is 0 Å². The van der Waals surface area contributed by atoms with Gasteiger partial charge in [0.25, 0.3) is 0 Å². The monoisotopic (exact) mass is 417 g/mol. The molecule has 113 valence electrons. The number of hydrogen-bond acceptors (Lipinski definition) is 2. The van der Waals surface area contributed by atoms with Gasteiger partial charge < -0.3 is 17.9 Å². The third kappa shape index (κ3) is 12.8. The summed E-state index contributed by atoms with van der Waals surface area (Å²) in [5, 5.41) is 0. The minimum atomic E-state index is 0. The van der Waals surface area contributed by atoms with Crippen molar-refractivity contribution >= 4 is 30.1 Å². The van der Waals surface area contributed by atoms with Crippen LogP contribution in [0.25, 0.3) is 6.08 Å². The fraction of sp³-hybridized carbons (Fsp3) is 0.400. The van der Waals surface area contributed by atoms with Crippen molar-refractivity contribution in [2.75, 3.05) is 6.54 Å². The Kier molecular flexibility index (Phi) is 26.0. The molecule has 0 aromatic heterocycles. The van der Waals surface area contributed by atoms with Crippen molar-refractivity contribution in [3.05, 3.63) is 43.3 Å². The smallest absolute Gasteiger partial charge is 0.120 e. The zero-order valence-corrected chi connectivity index (χ0v) is 16.3. The van der Waals surface area contributed by atoms with E-state index in [2.05, 4.69) is 0 Å². The molecule has 4 heteroatoms. The van der Waals surface area contributed by atoms with Gasteiger partial charge in [-0.3, -0.25) is 0 Å². The zero-order valence-electron chi connectivity index (χ0n) is 12.6. The predicted molar refractivity (Wildman–Crippen MR) is 95.6 cm³/mol. The minimum absolute atomic E-state index is 0. The van der Waals surface area contributed by atoms with Crippen LogP contribution in [0.3, 0.4) is 0 Å². The molecule has 0 spiro atoms. The molecule has 0 saturated heterocycles. The summed E-state index contributed by atoms with van der Waals surface area (Å²) < 4.78 is 5.59. The molecular weight excluding hydrogens is 388 g/mol. The van der Waals surface area contributed by atoms with Crippen molar-refractivity contribution in [2.45, 2.75) is 33.8 Å². The second kappa shape index (κ2) is 18.0. The summed E-state index contributed by atoms with van der Waals surface area (Å²) in [6.07, 6.45) is 4.11. The first-order valence-corrected chi connectivity index (χ1v) is 5.85. The molecule has 0 amide bonds. The molecule has 1 rings (SSSR count). The summed E-state index contributed by atoms with van der Waals surface area (Å²) in [4.78, 5) is 0. The van der Waals surface area contributed by atoms with E-state index in [9.17, 15) is 0 Å². The molecular formula is C15H29INOV-. The Morgan fingerprint density at radius 2 is 1.95 bits per heavy atom. The summed E-state index contributed by atoms with van der Waals surface area (Å²) in [5.74, 6) is 0.874. The number of ether oxygens (including phenoxy) is 1. The topological polar surface area (TPSA) is 35.2 Å². The first kappa shape index (κ1) is 27.4. The van der Waals surface area contributed by atoms with Crippen molar-refractivity contribution in [1.82, 2.24) is 0 Å². The van der Waals surface area contributed by atoms with Gasteiger partial charge in [-0.2, -0.15) is 0 Å². The fourth-order valence-corrected chi connectivity index (χ4v) is 1.16. The van der Waals surface area contributed by atoms with Crippen molar-refractivity contribution in [3.63, 3.8) is 0 Å². The van der Waals surface area contributed by atoms with E-state index in [-0.39, 0.29) is 57.5 Å². The molecule has 1 radical (unpaired) electrons. The maximum atomic E-state index is 5.59. The molecule has 0 bridgehead atoms. The molecule has 0 aliphatic carbocycles. The molecule has 0 saturated carbocycles. The molecule has 19 heavy (non-hydrogen) atoms. The number of benzene rings is 1. The molecule has 1 aromatic rings. The van der Waals surface area contributed by atoms with E-state index < -0.39 is 0 Å². The van der Waals surface area contributed by atoms with E-state index in [0.717, 1.165) is 11.3 Å². The summed E-state index contributed by atoms with van der Waals surface area (Å²) in [6.45, 7) is 8.49. The summed E-state index contributed by atoms with van der Waals surface area (Å²) in [5.41, 5.74) is 6.63. The quantitative estimate of drug-likeness (QED) is 0.565. The fourth-order valence-electron chi connectivity index (χ4n) is 1.16. The molecule has 0 fully saturated rings. The van der Waals surface area contributed by atoms with Gasteiger partial charge in [0, 0.05) is 26.5 Å². The molecule has 1 atom stereocenters. The van der Waals surface area contributed by atoms with Crippen molar-refractivity contribution in [1.29, 1.82) is 0 Å². The molecule has 0 heterocycles. The Balaban J connectivity index is -0.000000119. The number of rotatable bonds is 4. The summed E-state index contributed by atoms with van der Waals surface area (Å²) >= 11 is 0. The number of allylic oxidation sites excluding steroid dienone is 1. The van der Waals surface area contributed by atoms with E-state index in [1.807, 2.05) is 64.1 Å². The van der Waals surface area contributed by atoms with Crippen LogP contribution in [0.5, 0.6) is 5.75 Å². The Morgan fingerprint density at radius 3 is 2.42 bits per heavy atom. The summed E-state index contributed by atoms with van der Waals surface area (Å²) in [6, 6.07) is 7.97. The molecule has 2 nitrogen and oxygen atoms in total. The van der Waals surface area contributed by atoms with Crippen LogP contribution in [-0.2, 0) is 18.6 Å². The van der Waals surface area contributed by atoms with E-state index in [1.54, 1.807) is 0 Å². The molecule has 1 aromatic carbocycles. The van der Waals surface area contributed by atoms with Gasteiger partial charge in [-0.05, 0) is 31.5 Å². The van der Waals surface area contributed by atoms with Crippen LogP contribution in [0.2, 0.25) is 0 Å². The zero-order chi connectivity index (χ0) is 12.4. The van der Waals surface area contributed by atoms with Crippen LogP contribution in [0.15, 0.2) is 30.3 Å². The van der Waals surface area contributed by atoms with E-state index in [0.29, 0.717) is 6.54 Å². The normalized spacial score (nSPS) is 9.95. The Labute approximate surface area is 149 Å². The van der Waals surface area contributed by atoms with Crippen molar-refractivity contribution < 1.29 is 24.7 Å². The second-order valence-electron chi connectivity index (χ2n) is 3.24. The van der Waals surface area contributed by atoms with Crippen LogP contribution in [0.4, 0.5) is 0 Å². The van der Waals surface area contributed by atoms with E-state index in [1.165, 1.54) is 0 Å². The second-order valence-corrected chi connectivity index (χ2v) is 3.24. The van der Waals surface area contributed by atoms with Crippen LogP contribution in [-0.4, -0.2) is 12.6 Å². The minimum Gasteiger partial charge on any atom is -0.489 e. The largest absolute Gasteiger partial charge is 0.489 e. The molecule has 0 unspecified atom stereocenters. The van der Waals surface area contributed by atoms with Gasteiger partial charge in [-0.25, -0.2) is 0 Å². The Bertz CT molecular complexity index is 324. The van der Waals surface area contributed by atoms with Gasteiger partial charge in [0.15, 0.2) is 0 Å². The Hall–Kier alpha value is 0.0344. The van der Waals surface area contributed by atoms with Gasteiger partial charge in [0.2, 0.25) is 0 Å². The number of nitrogens with two attached hydrogens (primary N) is 1. The molecule has 0 aliphatic heterocycles. The van der Waals surface area contributed by atoms with Crippen LogP contribution < -0.4 is 10.5 Å². The van der Waals surface area contributed by atoms with Crippen LogP contribution >= 0.6 is 24.0 Å².